The molecule has 3 heterocycles. The first-order valence-corrected chi connectivity index (χ1v) is 10.5. The van der Waals surface area contributed by atoms with Crippen molar-refractivity contribution in [2.75, 3.05) is 18.0 Å². The molecule has 1 aliphatic rings. The Balaban J connectivity index is 1.66. The second-order valence-electron chi connectivity index (χ2n) is 9.43. The van der Waals surface area contributed by atoms with E-state index in [9.17, 15) is 4.79 Å². The molecule has 29 heavy (non-hydrogen) atoms. The van der Waals surface area contributed by atoms with Gasteiger partial charge in [-0.25, -0.2) is 9.97 Å². The molecule has 156 valence electrons. The van der Waals surface area contributed by atoms with Crippen LogP contribution in [0.1, 0.15) is 65.5 Å². The van der Waals surface area contributed by atoms with Gasteiger partial charge in [0.2, 0.25) is 11.9 Å². The highest BCUT2D eigenvalue weighted by Gasteiger charge is 2.25. The molecule has 0 spiro atoms. The van der Waals surface area contributed by atoms with Crippen molar-refractivity contribution in [3.8, 4) is 11.1 Å². The van der Waals surface area contributed by atoms with Crippen LogP contribution in [0.2, 0.25) is 0 Å². The van der Waals surface area contributed by atoms with Gasteiger partial charge >= 0.3 is 0 Å². The summed E-state index contributed by atoms with van der Waals surface area (Å²) in [5.74, 6) is 1.23. The summed E-state index contributed by atoms with van der Waals surface area (Å²) >= 11 is 0. The third-order valence-corrected chi connectivity index (χ3v) is 5.18. The number of anilines is 1. The molecule has 6 heteroatoms. The average molecular weight is 396 g/mol. The van der Waals surface area contributed by atoms with Gasteiger partial charge in [-0.1, -0.05) is 34.6 Å². The van der Waals surface area contributed by atoms with E-state index in [0.29, 0.717) is 12.3 Å². The van der Waals surface area contributed by atoms with Gasteiger partial charge in [0, 0.05) is 49.7 Å². The van der Waals surface area contributed by atoms with Crippen LogP contribution in [0.5, 0.6) is 0 Å². The van der Waals surface area contributed by atoms with Gasteiger partial charge in [-0.15, -0.1) is 0 Å². The van der Waals surface area contributed by atoms with Crippen molar-refractivity contribution < 1.29 is 4.79 Å². The highest BCUT2D eigenvalue weighted by molar-refractivity contribution is 5.76. The Kier molecular flexibility index (Phi) is 6.50. The van der Waals surface area contributed by atoms with Crippen LogP contribution in [0.3, 0.4) is 0 Å². The summed E-state index contributed by atoms with van der Waals surface area (Å²) in [6.07, 6.45) is 7.93. The zero-order valence-electron chi connectivity index (χ0n) is 18.3. The monoisotopic (exact) mass is 395 g/mol. The maximum absolute atomic E-state index is 12.2. The Hall–Kier alpha value is -2.50. The SMILES string of the molecule is CC(C)c1nc(N2CCC(NC(=O)CC(C)(C)C)CC2)ncc1-c1ccncc1. The lowest BCUT2D eigenvalue weighted by molar-refractivity contribution is -0.123. The lowest BCUT2D eigenvalue weighted by Gasteiger charge is -2.33. The first-order chi connectivity index (χ1) is 13.7. The molecule has 2 aromatic rings. The van der Waals surface area contributed by atoms with E-state index in [1.807, 2.05) is 18.3 Å². The average Bonchev–Trinajstić information content (AvgIpc) is 2.67. The summed E-state index contributed by atoms with van der Waals surface area (Å²) < 4.78 is 0. The molecule has 0 unspecified atom stereocenters. The number of aromatic nitrogens is 3. The second-order valence-corrected chi connectivity index (χ2v) is 9.43. The van der Waals surface area contributed by atoms with Crippen molar-refractivity contribution in [3.05, 3.63) is 36.4 Å². The summed E-state index contributed by atoms with van der Waals surface area (Å²) in [5.41, 5.74) is 3.23. The minimum Gasteiger partial charge on any atom is -0.353 e. The number of amides is 1. The van der Waals surface area contributed by atoms with Gasteiger partial charge in [0.1, 0.15) is 0 Å². The number of hydrogen-bond acceptors (Lipinski definition) is 5. The van der Waals surface area contributed by atoms with Crippen LogP contribution in [0.15, 0.2) is 30.7 Å². The first-order valence-electron chi connectivity index (χ1n) is 10.5. The molecule has 1 fully saturated rings. The minimum absolute atomic E-state index is 0.0163. The topological polar surface area (TPSA) is 71.0 Å². The molecule has 3 rings (SSSR count). The molecule has 1 amide bonds. The van der Waals surface area contributed by atoms with Crippen molar-refractivity contribution in [1.29, 1.82) is 0 Å². The van der Waals surface area contributed by atoms with E-state index in [1.54, 1.807) is 12.4 Å². The van der Waals surface area contributed by atoms with E-state index in [2.05, 4.69) is 54.8 Å². The Morgan fingerprint density at radius 3 is 2.45 bits per heavy atom. The van der Waals surface area contributed by atoms with Crippen molar-refractivity contribution in [3.63, 3.8) is 0 Å². The molecule has 2 aromatic heterocycles. The molecule has 0 atom stereocenters. The van der Waals surface area contributed by atoms with Crippen LogP contribution in [-0.4, -0.2) is 40.0 Å². The number of nitrogens with zero attached hydrogens (tertiary/aromatic N) is 4. The summed E-state index contributed by atoms with van der Waals surface area (Å²) in [6, 6.07) is 4.23. The van der Waals surface area contributed by atoms with Gasteiger partial charge in [-0.3, -0.25) is 9.78 Å². The van der Waals surface area contributed by atoms with Crippen LogP contribution < -0.4 is 10.2 Å². The van der Waals surface area contributed by atoms with Crippen LogP contribution in [0, 0.1) is 5.41 Å². The van der Waals surface area contributed by atoms with Crippen molar-refractivity contribution in [2.24, 2.45) is 5.41 Å². The van der Waals surface area contributed by atoms with Gasteiger partial charge in [0.05, 0.1) is 5.69 Å². The molecule has 0 aromatic carbocycles. The number of nitrogens with one attached hydrogen (secondary N) is 1. The number of piperidine rings is 1. The Morgan fingerprint density at radius 2 is 1.86 bits per heavy atom. The van der Waals surface area contributed by atoms with Gasteiger partial charge in [0.15, 0.2) is 0 Å². The molecule has 0 saturated carbocycles. The number of carbonyl (C=O) groups is 1. The van der Waals surface area contributed by atoms with E-state index >= 15 is 0 Å². The summed E-state index contributed by atoms with van der Waals surface area (Å²) in [5, 5.41) is 3.20. The van der Waals surface area contributed by atoms with Crippen molar-refractivity contribution in [2.45, 2.75) is 65.8 Å². The van der Waals surface area contributed by atoms with E-state index in [-0.39, 0.29) is 17.4 Å². The summed E-state index contributed by atoms with van der Waals surface area (Å²) in [7, 11) is 0. The van der Waals surface area contributed by atoms with Gasteiger partial charge in [-0.2, -0.15) is 0 Å². The number of carbonyl (C=O) groups excluding carboxylic acids is 1. The van der Waals surface area contributed by atoms with Crippen LogP contribution in [0.25, 0.3) is 11.1 Å². The third-order valence-electron chi connectivity index (χ3n) is 5.18. The van der Waals surface area contributed by atoms with Gasteiger partial charge < -0.3 is 10.2 Å². The van der Waals surface area contributed by atoms with E-state index in [0.717, 1.165) is 48.7 Å². The third kappa shape index (κ3) is 5.75. The zero-order chi connectivity index (χ0) is 21.0. The molecular weight excluding hydrogens is 362 g/mol. The number of pyridine rings is 1. The maximum Gasteiger partial charge on any atom is 0.225 e. The van der Waals surface area contributed by atoms with Crippen LogP contribution >= 0.6 is 0 Å². The van der Waals surface area contributed by atoms with E-state index < -0.39 is 0 Å². The number of hydrogen-bond donors (Lipinski definition) is 1. The summed E-state index contributed by atoms with van der Waals surface area (Å²) in [6.45, 7) is 12.3. The first kappa shape index (κ1) is 21.2. The van der Waals surface area contributed by atoms with Gasteiger partial charge in [-0.05, 0) is 41.9 Å². The molecular formula is C23H33N5O. The smallest absolute Gasteiger partial charge is 0.225 e. The lowest BCUT2D eigenvalue weighted by Crippen LogP contribution is -2.45. The Labute approximate surface area is 174 Å². The Morgan fingerprint density at radius 1 is 1.21 bits per heavy atom. The summed E-state index contributed by atoms with van der Waals surface area (Å²) in [4.78, 5) is 28.1. The van der Waals surface area contributed by atoms with E-state index in [4.69, 9.17) is 4.98 Å². The molecule has 0 radical (unpaired) electrons. The highest BCUT2D eigenvalue weighted by Crippen LogP contribution is 2.29. The minimum atomic E-state index is 0.0163. The fraction of sp³-hybridized carbons (Fsp3) is 0.565. The van der Waals surface area contributed by atoms with E-state index in [1.165, 1.54) is 0 Å². The molecule has 1 N–H and O–H groups in total. The number of rotatable bonds is 5. The van der Waals surface area contributed by atoms with Crippen molar-refractivity contribution >= 4 is 11.9 Å². The van der Waals surface area contributed by atoms with Crippen LogP contribution in [-0.2, 0) is 4.79 Å². The highest BCUT2D eigenvalue weighted by atomic mass is 16.1. The molecule has 0 aliphatic carbocycles. The molecule has 1 aliphatic heterocycles. The fourth-order valence-corrected chi connectivity index (χ4v) is 3.72. The predicted molar refractivity (Wildman–Crippen MR) is 117 cm³/mol. The molecule has 0 bridgehead atoms. The largest absolute Gasteiger partial charge is 0.353 e. The standard InChI is InChI=1S/C23H33N5O/c1-16(2)21-19(17-6-10-24-11-7-17)15-25-22(27-21)28-12-8-18(9-13-28)26-20(29)14-23(3,4)5/h6-7,10-11,15-16,18H,8-9,12-14H2,1-5H3,(H,26,29). The Bertz CT molecular complexity index is 821. The second kappa shape index (κ2) is 8.89. The van der Waals surface area contributed by atoms with Crippen molar-refractivity contribution in [1.82, 2.24) is 20.3 Å². The van der Waals surface area contributed by atoms with Gasteiger partial charge in [0.25, 0.3) is 0 Å². The molecule has 6 nitrogen and oxygen atoms in total. The predicted octanol–water partition coefficient (Wildman–Crippen LogP) is 4.18. The van der Waals surface area contributed by atoms with Crippen LogP contribution in [0.4, 0.5) is 5.95 Å². The maximum atomic E-state index is 12.2. The lowest BCUT2D eigenvalue weighted by atomic mass is 9.91. The fourth-order valence-electron chi connectivity index (χ4n) is 3.72. The molecule has 1 saturated heterocycles. The zero-order valence-corrected chi connectivity index (χ0v) is 18.3. The normalized spacial score (nSPS) is 15.6. The quantitative estimate of drug-likeness (QED) is 0.822.